The SMILES string of the molecule is COc1ccc(CCNC(=O)C2CCCO2)c(Cl)c1. The Balaban J connectivity index is 1.80. The summed E-state index contributed by atoms with van der Waals surface area (Å²) < 4.78 is 10.4. The summed E-state index contributed by atoms with van der Waals surface area (Å²) in [6, 6.07) is 5.56. The van der Waals surface area contributed by atoms with Crippen LogP contribution in [0.15, 0.2) is 18.2 Å². The Morgan fingerprint density at radius 1 is 1.58 bits per heavy atom. The van der Waals surface area contributed by atoms with Gasteiger partial charge in [-0.3, -0.25) is 4.79 Å². The first kappa shape index (κ1) is 14.2. The second-order valence-corrected chi connectivity index (χ2v) is 4.91. The third-order valence-corrected chi connectivity index (χ3v) is 3.53. The molecule has 1 unspecified atom stereocenters. The van der Waals surface area contributed by atoms with Crippen molar-refractivity contribution in [3.63, 3.8) is 0 Å². The van der Waals surface area contributed by atoms with Crippen LogP contribution >= 0.6 is 11.6 Å². The summed E-state index contributed by atoms with van der Waals surface area (Å²) in [5.41, 5.74) is 0.995. The number of methoxy groups -OCH3 is 1. The Morgan fingerprint density at radius 2 is 2.42 bits per heavy atom. The van der Waals surface area contributed by atoms with Crippen molar-refractivity contribution in [3.05, 3.63) is 28.8 Å². The molecule has 104 valence electrons. The first-order valence-corrected chi connectivity index (χ1v) is 6.80. The molecule has 0 bridgehead atoms. The van der Waals surface area contributed by atoms with Gasteiger partial charge in [0.25, 0.3) is 0 Å². The van der Waals surface area contributed by atoms with Crippen LogP contribution in [0.4, 0.5) is 0 Å². The van der Waals surface area contributed by atoms with Crippen molar-refractivity contribution in [3.8, 4) is 5.75 Å². The molecule has 1 amide bonds. The lowest BCUT2D eigenvalue weighted by Crippen LogP contribution is -2.35. The number of amides is 1. The van der Waals surface area contributed by atoms with Crippen LogP contribution in [0, 0.1) is 0 Å². The Kier molecular flexibility index (Phi) is 5.05. The molecule has 1 aliphatic rings. The van der Waals surface area contributed by atoms with Gasteiger partial charge in [0.2, 0.25) is 5.91 Å². The van der Waals surface area contributed by atoms with Gasteiger partial charge in [-0.1, -0.05) is 17.7 Å². The van der Waals surface area contributed by atoms with Crippen LogP contribution in [-0.4, -0.2) is 32.3 Å². The van der Waals surface area contributed by atoms with Crippen LogP contribution in [0.1, 0.15) is 18.4 Å². The fourth-order valence-electron chi connectivity index (χ4n) is 2.08. The third kappa shape index (κ3) is 3.85. The quantitative estimate of drug-likeness (QED) is 0.901. The largest absolute Gasteiger partial charge is 0.497 e. The maximum Gasteiger partial charge on any atom is 0.249 e. The zero-order valence-electron chi connectivity index (χ0n) is 10.9. The fourth-order valence-corrected chi connectivity index (χ4v) is 2.34. The first-order chi connectivity index (χ1) is 9.20. The molecule has 0 aliphatic carbocycles. The Labute approximate surface area is 118 Å². The van der Waals surface area contributed by atoms with Crippen molar-refractivity contribution in [1.29, 1.82) is 0 Å². The van der Waals surface area contributed by atoms with E-state index < -0.39 is 0 Å². The Morgan fingerprint density at radius 3 is 3.05 bits per heavy atom. The van der Waals surface area contributed by atoms with Crippen LogP contribution in [0.5, 0.6) is 5.75 Å². The molecule has 1 aromatic rings. The molecular weight excluding hydrogens is 266 g/mol. The Bertz CT molecular complexity index is 444. The van der Waals surface area contributed by atoms with Gasteiger partial charge in [-0.25, -0.2) is 0 Å². The van der Waals surface area contributed by atoms with Crippen LogP contribution < -0.4 is 10.1 Å². The summed E-state index contributed by atoms with van der Waals surface area (Å²) in [6.07, 6.45) is 2.20. The summed E-state index contributed by atoms with van der Waals surface area (Å²) in [5, 5.41) is 3.53. The lowest BCUT2D eigenvalue weighted by atomic mass is 10.1. The zero-order valence-corrected chi connectivity index (χ0v) is 11.7. The zero-order chi connectivity index (χ0) is 13.7. The summed E-state index contributed by atoms with van der Waals surface area (Å²) in [4.78, 5) is 11.7. The van der Waals surface area contributed by atoms with Gasteiger partial charge in [-0.2, -0.15) is 0 Å². The first-order valence-electron chi connectivity index (χ1n) is 6.42. The summed E-state index contributed by atoms with van der Waals surface area (Å²) in [7, 11) is 1.60. The average Bonchev–Trinajstić information content (AvgIpc) is 2.94. The number of benzene rings is 1. The van der Waals surface area contributed by atoms with Crippen LogP contribution in [0.2, 0.25) is 5.02 Å². The van der Waals surface area contributed by atoms with E-state index in [1.54, 1.807) is 13.2 Å². The molecule has 1 N–H and O–H groups in total. The van der Waals surface area contributed by atoms with Crippen molar-refractivity contribution in [2.24, 2.45) is 0 Å². The van der Waals surface area contributed by atoms with Crippen molar-refractivity contribution in [2.75, 3.05) is 20.3 Å². The second kappa shape index (κ2) is 6.78. The van der Waals surface area contributed by atoms with Gasteiger partial charge in [0.05, 0.1) is 7.11 Å². The van der Waals surface area contributed by atoms with Gasteiger partial charge < -0.3 is 14.8 Å². The number of nitrogens with one attached hydrogen (secondary N) is 1. The van der Waals surface area contributed by atoms with E-state index in [0.29, 0.717) is 24.6 Å². The standard InChI is InChI=1S/C14H18ClNO3/c1-18-11-5-4-10(12(15)9-11)6-7-16-14(17)13-3-2-8-19-13/h4-5,9,13H,2-3,6-8H2,1H3,(H,16,17). The Hall–Kier alpha value is -1.26. The minimum atomic E-state index is -0.272. The molecule has 5 heteroatoms. The van der Waals surface area contributed by atoms with Crippen LogP contribution in [0.3, 0.4) is 0 Å². The van der Waals surface area contributed by atoms with Gasteiger partial charge in [0.15, 0.2) is 0 Å². The highest BCUT2D eigenvalue weighted by Gasteiger charge is 2.22. The van der Waals surface area contributed by atoms with Gasteiger partial charge in [-0.15, -0.1) is 0 Å². The molecule has 1 saturated heterocycles. The number of halogens is 1. The van der Waals surface area contributed by atoms with E-state index in [2.05, 4.69) is 5.32 Å². The molecule has 0 aromatic heterocycles. The normalized spacial score (nSPS) is 18.3. The van der Waals surface area contributed by atoms with E-state index in [-0.39, 0.29) is 12.0 Å². The predicted molar refractivity (Wildman–Crippen MR) is 73.7 cm³/mol. The highest BCUT2D eigenvalue weighted by atomic mass is 35.5. The van der Waals surface area contributed by atoms with Crippen molar-refractivity contribution < 1.29 is 14.3 Å². The van der Waals surface area contributed by atoms with E-state index in [1.165, 1.54) is 0 Å². The highest BCUT2D eigenvalue weighted by molar-refractivity contribution is 6.31. The van der Waals surface area contributed by atoms with E-state index >= 15 is 0 Å². The predicted octanol–water partition coefficient (Wildman–Crippen LogP) is 2.19. The minimum absolute atomic E-state index is 0.0258. The molecule has 1 aliphatic heterocycles. The van der Waals surface area contributed by atoms with Gasteiger partial charge in [0, 0.05) is 18.2 Å². The number of rotatable bonds is 5. The molecule has 2 rings (SSSR count). The number of carbonyl (C=O) groups excluding carboxylic acids is 1. The summed E-state index contributed by atoms with van der Waals surface area (Å²) in [6.45, 7) is 1.24. The summed E-state index contributed by atoms with van der Waals surface area (Å²) >= 11 is 6.13. The number of hydrogen-bond acceptors (Lipinski definition) is 3. The lowest BCUT2D eigenvalue weighted by molar-refractivity contribution is -0.129. The fraction of sp³-hybridized carbons (Fsp3) is 0.500. The van der Waals surface area contributed by atoms with Gasteiger partial charge in [-0.05, 0) is 37.0 Å². The molecular formula is C14H18ClNO3. The monoisotopic (exact) mass is 283 g/mol. The van der Waals surface area contributed by atoms with Gasteiger partial charge >= 0.3 is 0 Å². The molecule has 0 radical (unpaired) electrons. The maximum absolute atomic E-state index is 11.7. The molecule has 1 atom stereocenters. The van der Waals surface area contributed by atoms with Crippen molar-refractivity contribution in [2.45, 2.75) is 25.4 Å². The highest BCUT2D eigenvalue weighted by Crippen LogP contribution is 2.22. The molecule has 19 heavy (non-hydrogen) atoms. The second-order valence-electron chi connectivity index (χ2n) is 4.50. The molecule has 1 aromatic carbocycles. The molecule has 1 fully saturated rings. The van der Waals surface area contributed by atoms with Crippen LogP contribution in [-0.2, 0) is 16.0 Å². The van der Waals surface area contributed by atoms with Crippen molar-refractivity contribution >= 4 is 17.5 Å². The van der Waals surface area contributed by atoms with E-state index in [4.69, 9.17) is 21.1 Å². The topological polar surface area (TPSA) is 47.6 Å². The molecule has 4 nitrogen and oxygen atoms in total. The van der Waals surface area contributed by atoms with Crippen molar-refractivity contribution in [1.82, 2.24) is 5.32 Å². The third-order valence-electron chi connectivity index (χ3n) is 3.18. The summed E-state index contributed by atoms with van der Waals surface area (Å²) in [5.74, 6) is 0.708. The minimum Gasteiger partial charge on any atom is -0.497 e. The maximum atomic E-state index is 11.7. The number of ether oxygens (including phenoxy) is 2. The number of carbonyl (C=O) groups is 1. The molecule has 0 saturated carbocycles. The smallest absolute Gasteiger partial charge is 0.249 e. The average molecular weight is 284 g/mol. The molecule has 1 heterocycles. The van der Waals surface area contributed by atoms with E-state index in [9.17, 15) is 4.79 Å². The van der Waals surface area contributed by atoms with Crippen LogP contribution in [0.25, 0.3) is 0 Å². The van der Waals surface area contributed by atoms with E-state index in [0.717, 1.165) is 24.2 Å². The number of hydrogen-bond donors (Lipinski definition) is 1. The van der Waals surface area contributed by atoms with E-state index in [1.807, 2.05) is 12.1 Å². The molecule has 0 spiro atoms. The lowest BCUT2D eigenvalue weighted by Gasteiger charge is -2.11. The van der Waals surface area contributed by atoms with Gasteiger partial charge in [0.1, 0.15) is 11.9 Å².